The Kier molecular flexibility index (Phi) is 3.99. The number of hydrogen-bond donors (Lipinski definition) is 3. The quantitative estimate of drug-likeness (QED) is 0.656. The summed E-state index contributed by atoms with van der Waals surface area (Å²) in [6.07, 6.45) is -0.130. The van der Waals surface area contributed by atoms with Gasteiger partial charge in [0.25, 0.3) is 0 Å². The van der Waals surface area contributed by atoms with Crippen LogP contribution in [0.2, 0.25) is 0 Å². The summed E-state index contributed by atoms with van der Waals surface area (Å²) in [7, 11) is 0. The highest BCUT2D eigenvalue weighted by Gasteiger charge is 2.04. The number of nitrogens with one attached hydrogen (secondary N) is 2. The van der Waals surface area contributed by atoms with E-state index in [1.807, 2.05) is 0 Å². The van der Waals surface area contributed by atoms with Gasteiger partial charge < -0.3 is 5.11 Å². The third-order valence-corrected chi connectivity index (χ3v) is 1.64. The maximum Gasteiger partial charge on any atom is 0.348 e. The molecule has 0 saturated carbocycles. The van der Waals surface area contributed by atoms with Gasteiger partial charge in [-0.2, -0.15) is 5.54 Å². The molecule has 0 aliphatic carbocycles. The molecule has 0 saturated heterocycles. The van der Waals surface area contributed by atoms with Crippen molar-refractivity contribution >= 4 is 11.8 Å². The van der Waals surface area contributed by atoms with Crippen molar-refractivity contribution in [1.82, 2.24) is 10.5 Å². The molecule has 5 nitrogen and oxygen atoms in total. The lowest BCUT2D eigenvalue weighted by atomic mass is 10.2. The van der Waals surface area contributed by atoms with Crippen molar-refractivity contribution in [3.05, 3.63) is 23.9 Å². The van der Waals surface area contributed by atoms with Crippen molar-refractivity contribution in [1.29, 1.82) is 0 Å². The number of hydrogen-bond acceptors (Lipinski definition) is 3. The highest BCUT2D eigenvalue weighted by molar-refractivity contribution is 5.87. The van der Waals surface area contributed by atoms with Crippen molar-refractivity contribution in [2.24, 2.45) is 0 Å². The Morgan fingerprint density at radius 3 is 3.00 bits per heavy atom. The Morgan fingerprint density at radius 1 is 1.67 bits per heavy atom. The minimum absolute atomic E-state index is 0.239. The summed E-state index contributed by atoms with van der Waals surface area (Å²) in [6, 6.07) is 3.93. The predicted octanol–water partition coefficient (Wildman–Crippen LogP) is 1.01. The van der Waals surface area contributed by atoms with Crippen molar-refractivity contribution in [3.8, 4) is 0 Å². The van der Waals surface area contributed by atoms with Gasteiger partial charge in [-0.15, -0.1) is 0 Å². The summed E-state index contributed by atoms with van der Waals surface area (Å²) >= 11 is 0. The average Bonchev–Trinajstić information content (AvgIpc) is 2.17. The highest BCUT2D eigenvalue weighted by atomic mass is 19.2. The summed E-state index contributed by atoms with van der Waals surface area (Å²) in [5, 5.41) is 11.3. The van der Waals surface area contributed by atoms with Crippen LogP contribution < -0.4 is 10.9 Å². The lowest BCUT2D eigenvalue weighted by Crippen LogP contribution is -2.22. The third kappa shape index (κ3) is 3.90. The molecule has 1 atom stereocenters. The van der Waals surface area contributed by atoms with Crippen LogP contribution in [0.4, 0.5) is 15.1 Å². The van der Waals surface area contributed by atoms with E-state index in [-0.39, 0.29) is 5.82 Å². The first-order valence-corrected chi connectivity index (χ1v) is 4.43. The second-order valence-electron chi connectivity index (χ2n) is 3.12. The van der Waals surface area contributed by atoms with Crippen LogP contribution in [0.3, 0.4) is 0 Å². The van der Waals surface area contributed by atoms with Gasteiger partial charge in [0.05, 0.1) is 6.10 Å². The van der Waals surface area contributed by atoms with Gasteiger partial charge in [-0.3, -0.25) is 5.32 Å². The molecule has 1 aromatic heterocycles. The third-order valence-electron chi connectivity index (χ3n) is 1.64. The number of urea groups is 1. The Bertz CT molecular complexity index is 344. The van der Waals surface area contributed by atoms with Gasteiger partial charge >= 0.3 is 6.03 Å². The average molecular weight is 213 g/mol. The Labute approximate surface area is 86.3 Å². The van der Waals surface area contributed by atoms with E-state index in [0.29, 0.717) is 12.1 Å². The van der Waals surface area contributed by atoms with E-state index >= 15 is 0 Å². The van der Waals surface area contributed by atoms with Crippen molar-refractivity contribution in [2.75, 3.05) is 5.32 Å². The summed E-state index contributed by atoms with van der Waals surface area (Å²) in [5.74, 6) is 0.239. The lowest BCUT2D eigenvalue weighted by Gasteiger charge is -2.06. The van der Waals surface area contributed by atoms with Crippen LogP contribution in [-0.2, 0) is 6.42 Å². The number of carbonyl (C=O) groups excluding carboxylic acids is 1. The van der Waals surface area contributed by atoms with Gasteiger partial charge in [0.2, 0.25) is 0 Å². The molecule has 6 heteroatoms. The van der Waals surface area contributed by atoms with Crippen LogP contribution in [0.15, 0.2) is 18.2 Å². The van der Waals surface area contributed by atoms with Crippen LogP contribution in [0.25, 0.3) is 0 Å². The topological polar surface area (TPSA) is 74.2 Å². The molecular weight excluding hydrogens is 201 g/mol. The summed E-state index contributed by atoms with van der Waals surface area (Å²) in [4.78, 5) is 14.6. The number of aromatic nitrogens is 1. The number of carbonyl (C=O) groups is 1. The van der Waals surface area contributed by atoms with Gasteiger partial charge in [-0.05, 0) is 19.1 Å². The van der Waals surface area contributed by atoms with Gasteiger partial charge in [-0.25, -0.2) is 9.78 Å². The van der Waals surface area contributed by atoms with Crippen LogP contribution in [0, 0.1) is 0 Å². The highest BCUT2D eigenvalue weighted by Crippen LogP contribution is 2.06. The summed E-state index contributed by atoms with van der Waals surface area (Å²) in [6.45, 7) is 1.63. The molecule has 1 aromatic rings. The van der Waals surface area contributed by atoms with E-state index in [2.05, 4.69) is 10.3 Å². The molecule has 15 heavy (non-hydrogen) atoms. The van der Waals surface area contributed by atoms with Crippen molar-refractivity contribution in [2.45, 2.75) is 19.4 Å². The number of amides is 2. The molecule has 1 unspecified atom stereocenters. The zero-order valence-electron chi connectivity index (χ0n) is 8.20. The fourth-order valence-electron chi connectivity index (χ4n) is 1.11. The molecule has 0 aliphatic rings. The van der Waals surface area contributed by atoms with Gasteiger partial charge in [-0.1, -0.05) is 10.5 Å². The second-order valence-corrected chi connectivity index (χ2v) is 3.12. The van der Waals surface area contributed by atoms with E-state index in [9.17, 15) is 9.28 Å². The SMILES string of the molecule is CC(O)Cc1cccc(NC(=O)NF)n1. The molecule has 0 radical (unpaired) electrons. The molecule has 0 aromatic carbocycles. The van der Waals surface area contributed by atoms with Gasteiger partial charge in [0, 0.05) is 12.1 Å². The first-order valence-electron chi connectivity index (χ1n) is 4.43. The van der Waals surface area contributed by atoms with Crippen molar-refractivity contribution in [3.63, 3.8) is 0 Å². The molecule has 2 amide bonds. The zero-order valence-corrected chi connectivity index (χ0v) is 8.20. The molecular formula is C9H12FN3O2. The number of halogens is 1. The minimum Gasteiger partial charge on any atom is -0.393 e. The monoisotopic (exact) mass is 213 g/mol. The number of anilines is 1. The number of aliphatic hydroxyl groups is 1. The smallest absolute Gasteiger partial charge is 0.348 e. The molecule has 1 heterocycles. The molecule has 0 spiro atoms. The van der Waals surface area contributed by atoms with Gasteiger partial charge in [0.1, 0.15) is 5.82 Å². The Morgan fingerprint density at radius 2 is 2.40 bits per heavy atom. The first-order chi connectivity index (χ1) is 7.11. The van der Waals surface area contributed by atoms with Crippen LogP contribution in [-0.4, -0.2) is 22.2 Å². The molecule has 0 fully saturated rings. The number of rotatable bonds is 3. The standard InChI is InChI=1S/C9H12FN3O2/c1-6(14)5-7-3-2-4-8(11-7)12-9(15)13-10/h2-4,6,14H,5H2,1H3,(H2,11,12,13,15). The lowest BCUT2D eigenvalue weighted by molar-refractivity contribution is 0.194. The van der Waals surface area contributed by atoms with E-state index in [0.717, 1.165) is 5.54 Å². The van der Waals surface area contributed by atoms with Crippen LogP contribution in [0.5, 0.6) is 0 Å². The largest absolute Gasteiger partial charge is 0.393 e. The van der Waals surface area contributed by atoms with E-state index in [1.165, 1.54) is 6.07 Å². The number of nitrogens with zero attached hydrogens (tertiary/aromatic N) is 1. The molecule has 3 N–H and O–H groups in total. The summed E-state index contributed by atoms with van der Waals surface area (Å²) < 4.78 is 11.7. The maximum atomic E-state index is 11.7. The maximum absolute atomic E-state index is 11.7. The number of pyridine rings is 1. The molecule has 0 bridgehead atoms. The zero-order chi connectivity index (χ0) is 11.3. The minimum atomic E-state index is -0.975. The summed E-state index contributed by atoms with van der Waals surface area (Å²) in [5.41, 5.74) is 1.56. The fourth-order valence-corrected chi connectivity index (χ4v) is 1.11. The fraction of sp³-hybridized carbons (Fsp3) is 0.333. The Balaban J connectivity index is 2.69. The van der Waals surface area contributed by atoms with E-state index in [4.69, 9.17) is 5.11 Å². The number of aliphatic hydroxyl groups excluding tert-OH is 1. The Hall–Kier alpha value is -1.69. The predicted molar refractivity (Wildman–Crippen MR) is 52.9 cm³/mol. The van der Waals surface area contributed by atoms with Gasteiger partial charge in [0.15, 0.2) is 0 Å². The molecule has 1 rings (SSSR count). The normalized spacial score (nSPS) is 11.9. The second kappa shape index (κ2) is 5.26. The van der Waals surface area contributed by atoms with Crippen LogP contribution in [0.1, 0.15) is 12.6 Å². The first kappa shape index (κ1) is 11.4. The molecule has 0 aliphatic heterocycles. The van der Waals surface area contributed by atoms with Crippen LogP contribution >= 0.6 is 0 Å². The van der Waals surface area contributed by atoms with E-state index < -0.39 is 12.1 Å². The van der Waals surface area contributed by atoms with Crippen molar-refractivity contribution < 1.29 is 14.4 Å². The van der Waals surface area contributed by atoms with E-state index in [1.54, 1.807) is 19.1 Å². The molecule has 82 valence electrons.